The Hall–Kier alpha value is -3.29. The maximum Gasteiger partial charge on any atom is 0.407 e. The van der Waals surface area contributed by atoms with Gasteiger partial charge in [-0.05, 0) is 31.0 Å². The van der Waals surface area contributed by atoms with Crippen molar-refractivity contribution in [1.29, 1.82) is 0 Å². The third-order valence-corrected chi connectivity index (χ3v) is 6.70. The van der Waals surface area contributed by atoms with Crippen molar-refractivity contribution < 1.29 is 9.90 Å². The molecule has 33 heavy (non-hydrogen) atoms. The van der Waals surface area contributed by atoms with E-state index in [0.29, 0.717) is 23.1 Å². The zero-order chi connectivity index (χ0) is 22.9. The molecule has 0 spiro atoms. The number of amides is 1. The number of nitrogens with zero attached hydrogens (tertiary/aromatic N) is 4. The lowest BCUT2D eigenvalue weighted by molar-refractivity contribution is 0.124. The van der Waals surface area contributed by atoms with Crippen LogP contribution in [-0.2, 0) is 0 Å². The Kier molecular flexibility index (Phi) is 5.83. The molecule has 7 nitrogen and oxygen atoms in total. The van der Waals surface area contributed by atoms with Crippen LogP contribution < -0.4 is 0 Å². The molecule has 2 N–H and O–H groups in total. The predicted octanol–water partition coefficient (Wildman–Crippen LogP) is 6.22. The molecule has 1 saturated heterocycles. The van der Waals surface area contributed by atoms with Crippen LogP contribution in [-0.4, -0.2) is 48.9 Å². The van der Waals surface area contributed by atoms with E-state index < -0.39 is 6.09 Å². The lowest BCUT2D eigenvalue weighted by atomic mass is 10.1. The quantitative estimate of drug-likeness (QED) is 0.362. The number of aromatic amines is 1. The summed E-state index contributed by atoms with van der Waals surface area (Å²) in [5, 5.41) is 15.9. The number of piperidine rings is 1. The Morgan fingerprint density at radius 1 is 1.12 bits per heavy atom. The first-order valence-corrected chi connectivity index (χ1v) is 11.4. The highest BCUT2D eigenvalue weighted by Crippen LogP contribution is 2.30. The van der Waals surface area contributed by atoms with Crippen LogP contribution in [0.2, 0.25) is 10.0 Å². The van der Waals surface area contributed by atoms with Crippen LogP contribution in [0.15, 0.2) is 49.1 Å². The molecule has 3 aromatic heterocycles. The highest BCUT2D eigenvalue weighted by Gasteiger charge is 2.24. The lowest BCUT2D eigenvalue weighted by Crippen LogP contribution is -2.38. The molecule has 0 atom stereocenters. The third kappa shape index (κ3) is 4.34. The average molecular weight is 482 g/mol. The Morgan fingerprint density at radius 2 is 1.88 bits per heavy atom. The minimum atomic E-state index is -0.859. The summed E-state index contributed by atoms with van der Waals surface area (Å²) < 4.78 is 1.94. The van der Waals surface area contributed by atoms with E-state index in [1.807, 2.05) is 59.8 Å². The van der Waals surface area contributed by atoms with Crippen LogP contribution in [0.3, 0.4) is 0 Å². The van der Waals surface area contributed by atoms with Crippen molar-refractivity contribution in [2.75, 3.05) is 13.1 Å². The van der Waals surface area contributed by atoms with E-state index in [2.05, 4.69) is 21.1 Å². The topological polar surface area (TPSA) is 87.0 Å². The largest absolute Gasteiger partial charge is 0.465 e. The lowest BCUT2D eigenvalue weighted by Gasteiger charge is -2.30. The molecule has 4 aromatic rings. The van der Waals surface area contributed by atoms with E-state index in [-0.39, 0.29) is 6.04 Å². The summed E-state index contributed by atoms with van der Waals surface area (Å²) in [4.78, 5) is 20.4. The van der Waals surface area contributed by atoms with Crippen molar-refractivity contribution in [3.63, 3.8) is 0 Å². The van der Waals surface area contributed by atoms with E-state index in [4.69, 9.17) is 28.3 Å². The van der Waals surface area contributed by atoms with Crippen LogP contribution in [0.1, 0.15) is 30.0 Å². The van der Waals surface area contributed by atoms with Crippen LogP contribution in [0.25, 0.3) is 34.3 Å². The summed E-state index contributed by atoms with van der Waals surface area (Å²) >= 11 is 12.6. The van der Waals surface area contributed by atoms with Gasteiger partial charge in [-0.1, -0.05) is 41.4 Å². The zero-order valence-electron chi connectivity index (χ0n) is 17.6. The first-order chi connectivity index (χ1) is 16.0. The second kappa shape index (κ2) is 8.92. The van der Waals surface area contributed by atoms with Gasteiger partial charge in [0.05, 0.1) is 12.2 Å². The monoisotopic (exact) mass is 481 g/mol. The molecule has 1 aliphatic rings. The van der Waals surface area contributed by atoms with Gasteiger partial charge in [-0.2, -0.15) is 5.10 Å². The minimum Gasteiger partial charge on any atom is -0.465 e. The van der Waals surface area contributed by atoms with Gasteiger partial charge in [-0.15, -0.1) is 0 Å². The first-order valence-electron chi connectivity index (χ1n) is 10.6. The number of halogens is 2. The fourth-order valence-corrected chi connectivity index (χ4v) is 4.69. The zero-order valence-corrected chi connectivity index (χ0v) is 19.1. The number of fused-ring (bicyclic) bond motifs is 1. The molecule has 1 aliphatic heterocycles. The van der Waals surface area contributed by atoms with Gasteiger partial charge < -0.3 is 15.0 Å². The highest BCUT2D eigenvalue weighted by atomic mass is 35.5. The van der Waals surface area contributed by atoms with Crippen molar-refractivity contribution in [3.05, 3.63) is 70.2 Å². The molecule has 0 saturated carbocycles. The first kappa shape index (κ1) is 21.6. The number of hydrogen-bond donors (Lipinski definition) is 2. The van der Waals surface area contributed by atoms with Crippen molar-refractivity contribution in [1.82, 2.24) is 24.6 Å². The van der Waals surface area contributed by atoms with Gasteiger partial charge in [0.1, 0.15) is 5.65 Å². The molecule has 9 heteroatoms. The Balaban J connectivity index is 1.39. The molecular weight excluding hydrogens is 461 g/mol. The Morgan fingerprint density at radius 3 is 2.61 bits per heavy atom. The summed E-state index contributed by atoms with van der Waals surface area (Å²) in [5.74, 6) is 0. The number of benzene rings is 1. The second-order valence-corrected chi connectivity index (χ2v) is 8.86. The molecule has 0 unspecified atom stereocenters. The van der Waals surface area contributed by atoms with Crippen LogP contribution in [0.5, 0.6) is 0 Å². The normalized spacial score (nSPS) is 15.0. The van der Waals surface area contributed by atoms with Gasteiger partial charge in [0.15, 0.2) is 0 Å². The number of H-pyrrole nitrogens is 1. The number of pyridine rings is 1. The number of nitrogens with one attached hydrogen (secondary N) is 1. The fourth-order valence-electron chi connectivity index (χ4n) is 4.17. The number of hydrogen-bond acceptors (Lipinski definition) is 3. The third-order valence-electron chi connectivity index (χ3n) is 6.04. The van der Waals surface area contributed by atoms with Gasteiger partial charge in [0.25, 0.3) is 0 Å². The maximum atomic E-state index is 11.1. The van der Waals surface area contributed by atoms with Crippen LogP contribution in [0.4, 0.5) is 4.79 Å². The van der Waals surface area contributed by atoms with Gasteiger partial charge in [0, 0.05) is 69.4 Å². The molecule has 0 bridgehead atoms. The molecule has 4 heterocycles. The van der Waals surface area contributed by atoms with Gasteiger partial charge in [-0.25, -0.2) is 9.78 Å². The molecule has 5 rings (SSSR count). The molecular formula is C24H21Cl2N5O2. The molecule has 1 aromatic carbocycles. The van der Waals surface area contributed by atoms with Gasteiger partial charge in [-0.3, -0.25) is 4.68 Å². The minimum absolute atomic E-state index is 0.192. The number of aromatic nitrogens is 4. The number of rotatable bonds is 4. The molecule has 0 aliphatic carbocycles. The van der Waals surface area contributed by atoms with Crippen LogP contribution in [0, 0.1) is 0 Å². The van der Waals surface area contributed by atoms with Crippen molar-refractivity contribution >= 4 is 52.5 Å². The standard InChI is InChI=1S/C24H21Cl2N5O2/c25-21-2-1-3-22(26)19(21)5-4-15-11-27-23-20(15)10-16(12-28-23)17-13-29-31(14-17)18-6-8-30(9-7-18)24(32)33/h1-5,10-14,18H,6-9H2,(H,27,28)(H,32,33)/b5-4+. The maximum absolute atomic E-state index is 11.1. The summed E-state index contributed by atoms with van der Waals surface area (Å²) in [7, 11) is 0. The number of carboxylic acid groups (broad SMARTS) is 1. The average Bonchev–Trinajstić information content (AvgIpc) is 3.46. The van der Waals surface area contributed by atoms with Gasteiger partial charge >= 0.3 is 6.09 Å². The van der Waals surface area contributed by atoms with Crippen LogP contribution >= 0.6 is 23.2 Å². The van der Waals surface area contributed by atoms with E-state index in [1.54, 1.807) is 0 Å². The van der Waals surface area contributed by atoms with Crippen molar-refractivity contribution in [3.8, 4) is 11.1 Å². The van der Waals surface area contributed by atoms with E-state index in [1.165, 1.54) is 4.90 Å². The summed E-state index contributed by atoms with van der Waals surface area (Å²) in [6, 6.07) is 7.72. The SMILES string of the molecule is O=C(O)N1CCC(n2cc(-c3cnc4[nH]cc(/C=C/c5c(Cl)cccc5Cl)c4c3)cn2)CC1. The predicted molar refractivity (Wildman–Crippen MR) is 131 cm³/mol. The number of carbonyl (C=O) groups is 1. The van der Waals surface area contributed by atoms with Gasteiger partial charge in [0.2, 0.25) is 0 Å². The van der Waals surface area contributed by atoms with E-state index >= 15 is 0 Å². The summed E-state index contributed by atoms with van der Waals surface area (Å²) in [6.07, 6.45) is 12.1. The molecule has 1 fully saturated rings. The smallest absolute Gasteiger partial charge is 0.407 e. The second-order valence-electron chi connectivity index (χ2n) is 8.04. The van der Waals surface area contributed by atoms with Crippen molar-refractivity contribution in [2.45, 2.75) is 18.9 Å². The Bertz CT molecular complexity index is 1330. The van der Waals surface area contributed by atoms with E-state index in [9.17, 15) is 4.79 Å². The highest BCUT2D eigenvalue weighted by molar-refractivity contribution is 6.37. The number of likely N-dealkylation sites (tertiary alicyclic amines) is 1. The molecule has 168 valence electrons. The Labute approximate surface area is 200 Å². The summed E-state index contributed by atoms with van der Waals surface area (Å²) in [6.45, 7) is 1.05. The molecule has 0 radical (unpaired) electrons. The molecule has 1 amide bonds. The van der Waals surface area contributed by atoms with E-state index in [0.717, 1.165) is 46.1 Å². The summed E-state index contributed by atoms with van der Waals surface area (Å²) in [5.41, 5.74) is 4.47. The fraction of sp³-hybridized carbons (Fsp3) is 0.208. The van der Waals surface area contributed by atoms with Crippen molar-refractivity contribution in [2.24, 2.45) is 0 Å².